The summed E-state index contributed by atoms with van der Waals surface area (Å²) in [5.74, 6) is 0.429. The molecule has 0 aromatic heterocycles. The van der Waals surface area contributed by atoms with Gasteiger partial charge in [-0.2, -0.15) is 0 Å². The molecule has 19 heavy (non-hydrogen) atoms. The highest BCUT2D eigenvalue weighted by atomic mass is 16.5. The Kier molecular flexibility index (Phi) is 4.83. The molecule has 0 radical (unpaired) electrons. The van der Waals surface area contributed by atoms with Crippen LogP contribution in [0.15, 0.2) is 24.3 Å². The van der Waals surface area contributed by atoms with Crippen molar-refractivity contribution in [2.24, 2.45) is 5.92 Å². The Labute approximate surface area is 115 Å². The second-order valence-electron chi connectivity index (χ2n) is 5.37. The molecule has 1 fully saturated rings. The first kappa shape index (κ1) is 13.9. The van der Waals surface area contributed by atoms with E-state index in [0.717, 1.165) is 5.69 Å². The summed E-state index contributed by atoms with van der Waals surface area (Å²) in [5.41, 5.74) is 1.50. The van der Waals surface area contributed by atoms with E-state index in [2.05, 4.69) is 12.2 Å². The van der Waals surface area contributed by atoms with Crippen LogP contribution in [0.5, 0.6) is 0 Å². The van der Waals surface area contributed by atoms with Crippen molar-refractivity contribution >= 4 is 11.7 Å². The fourth-order valence-electron chi connectivity index (χ4n) is 2.89. The van der Waals surface area contributed by atoms with Gasteiger partial charge in [0.2, 0.25) is 0 Å². The third-order valence-corrected chi connectivity index (χ3v) is 4.07. The van der Waals surface area contributed by atoms with Gasteiger partial charge in [0.1, 0.15) is 0 Å². The molecule has 0 saturated heterocycles. The normalized spacial score (nSPS) is 17.8. The zero-order chi connectivity index (χ0) is 13.7. The molecule has 0 heterocycles. The van der Waals surface area contributed by atoms with Crippen LogP contribution in [0, 0.1) is 5.92 Å². The maximum Gasteiger partial charge on any atom is 0.339 e. The van der Waals surface area contributed by atoms with Gasteiger partial charge in [-0.1, -0.05) is 31.4 Å². The summed E-state index contributed by atoms with van der Waals surface area (Å²) in [6, 6.07) is 7.96. The summed E-state index contributed by atoms with van der Waals surface area (Å²) in [6.07, 6.45) is 6.59. The zero-order valence-corrected chi connectivity index (χ0v) is 11.8. The summed E-state index contributed by atoms with van der Waals surface area (Å²) in [5, 5.41) is 3.49. The van der Waals surface area contributed by atoms with Gasteiger partial charge in [-0.05, 0) is 37.8 Å². The van der Waals surface area contributed by atoms with Crippen molar-refractivity contribution in [2.75, 3.05) is 12.4 Å². The van der Waals surface area contributed by atoms with Crippen LogP contribution in [0.1, 0.15) is 49.4 Å². The highest BCUT2D eigenvalue weighted by molar-refractivity contribution is 5.95. The quantitative estimate of drug-likeness (QED) is 0.836. The topological polar surface area (TPSA) is 38.3 Å². The first-order valence-corrected chi connectivity index (χ1v) is 7.16. The Bertz CT molecular complexity index is 425. The third-order valence-electron chi connectivity index (χ3n) is 4.07. The maximum atomic E-state index is 11.7. The number of methoxy groups -OCH3 is 1. The van der Waals surface area contributed by atoms with E-state index in [1.165, 1.54) is 39.2 Å². The number of hydrogen-bond donors (Lipinski definition) is 1. The molecule has 1 saturated carbocycles. The van der Waals surface area contributed by atoms with Gasteiger partial charge in [0.15, 0.2) is 0 Å². The van der Waals surface area contributed by atoms with E-state index in [9.17, 15) is 4.79 Å². The maximum absolute atomic E-state index is 11.7. The molecule has 3 nitrogen and oxygen atoms in total. The number of carbonyl (C=O) groups is 1. The van der Waals surface area contributed by atoms with E-state index >= 15 is 0 Å². The Morgan fingerprint density at radius 1 is 1.26 bits per heavy atom. The standard InChI is InChI=1S/C16H23NO2/c1-12(13-8-4-3-5-9-13)17-15-11-7-6-10-14(15)16(18)19-2/h6-7,10-13,17H,3-5,8-9H2,1-2H3. The molecule has 0 bridgehead atoms. The van der Waals surface area contributed by atoms with Crippen molar-refractivity contribution in [1.82, 2.24) is 0 Å². The molecule has 1 aromatic carbocycles. The number of hydrogen-bond acceptors (Lipinski definition) is 3. The lowest BCUT2D eigenvalue weighted by atomic mass is 9.84. The molecule has 1 unspecified atom stereocenters. The molecule has 3 heteroatoms. The average Bonchev–Trinajstić information content (AvgIpc) is 2.48. The molecule has 1 aliphatic rings. The number of rotatable bonds is 4. The summed E-state index contributed by atoms with van der Waals surface area (Å²) in [4.78, 5) is 11.7. The van der Waals surface area contributed by atoms with Gasteiger partial charge < -0.3 is 10.1 Å². The predicted molar refractivity (Wildman–Crippen MR) is 77.4 cm³/mol. The van der Waals surface area contributed by atoms with Crippen LogP contribution < -0.4 is 5.32 Å². The van der Waals surface area contributed by atoms with Crippen molar-refractivity contribution in [3.05, 3.63) is 29.8 Å². The van der Waals surface area contributed by atoms with Crippen LogP contribution in [-0.2, 0) is 4.74 Å². The van der Waals surface area contributed by atoms with Gasteiger partial charge in [-0.3, -0.25) is 0 Å². The summed E-state index contributed by atoms with van der Waals surface area (Å²) >= 11 is 0. The summed E-state index contributed by atoms with van der Waals surface area (Å²) < 4.78 is 4.83. The van der Waals surface area contributed by atoms with Crippen LogP contribution in [0.25, 0.3) is 0 Å². The summed E-state index contributed by atoms with van der Waals surface area (Å²) in [7, 11) is 1.42. The van der Waals surface area contributed by atoms with Crippen LogP contribution in [0.2, 0.25) is 0 Å². The first-order chi connectivity index (χ1) is 9.22. The van der Waals surface area contributed by atoms with Crippen molar-refractivity contribution < 1.29 is 9.53 Å². The van der Waals surface area contributed by atoms with Crippen molar-refractivity contribution in [1.29, 1.82) is 0 Å². The van der Waals surface area contributed by atoms with E-state index in [4.69, 9.17) is 4.74 Å². The molecule has 1 atom stereocenters. The van der Waals surface area contributed by atoms with Crippen molar-refractivity contribution in [3.63, 3.8) is 0 Å². The van der Waals surface area contributed by atoms with E-state index in [0.29, 0.717) is 17.5 Å². The number of nitrogens with one attached hydrogen (secondary N) is 1. The molecule has 0 aliphatic heterocycles. The lowest BCUT2D eigenvalue weighted by Crippen LogP contribution is -2.28. The highest BCUT2D eigenvalue weighted by Crippen LogP contribution is 2.28. The number of carbonyl (C=O) groups excluding carboxylic acids is 1. The fourth-order valence-corrected chi connectivity index (χ4v) is 2.89. The Morgan fingerprint density at radius 2 is 1.95 bits per heavy atom. The molecule has 1 aliphatic carbocycles. The van der Waals surface area contributed by atoms with Crippen LogP contribution >= 0.6 is 0 Å². The second kappa shape index (κ2) is 6.60. The fraction of sp³-hybridized carbons (Fsp3) is 0.562. The Morgan fingerprint density at radius 3 is 2.63 bits per heavy atom. The smallest absolute Gasteiger partial charge is 0.339 e. The van der Waals surface area contributed by atoms with E-state index < -0.39 is 0 Å². The van der Waals surface area contributed by atoms with Crippen LogP contribution in [-0.4, -0.2) is 19.1 Å². The van der Waals surface area contributed by atoms with E-state index in [1.54, 1.807) is 0 Å². The first-order valence-electron chi connectivity index (χ1n) is 7.16. The number of para-hydroxylation sites is 1. The third kappa shape index (κ3) is 3.49. The summed E-state index contributed by atoms with van der Waals surface area (Å²) in [6.45, 7) is 2.21. The van der Waals surface area contributed by atoms with Gasteiger partial charge in [0, 0.05) is 11.7 Å². The number of ether oxygens (including phenoxy) is 1. The van der Waals surface area contributed by atoms with E-state index in [1.807, 2.05) is 24.3 Å². The minimum atomic E-state index is -0.279. The zero-order valence-electron chi connectivity index (χ0n) is 11.8. The minimum Gasteiger partial charge on any atom is -0.465 e. The van der Waals surface area contributed by atoms with Gasteiger partial charge in [0.05, 0.1) is 12.7 Å². The minimum absolute atomic E-state index is 0.279. The molecular weight excluding hydrogens is 238 g/mol. The molecule has 104 valence electrons. The SMILES string of the molecule is COC(=O)c1ccccc1NC(C)C1CCCCC1. The highest BCUT2D eigenvalue weighted by Gasteiger charge is 2.21. The lowest BCUT2D eigenvalue weighted by Gasteiger charge is -2.29. The number of benzene rings is 1. The molecule has 1 aromatic rings. The van der Waals surface area contributed by atoms with Gasteiger partial charge >= 0.3 is 5.97 Å². The van der Waals surface area contributed by atoms with Crippen LogP contribution in [0.3, 0.4) is 0 Å². The molecule has 1 N–H and O–H groups in total. The second-order valence-corrected chi connectivity index (χ2v) is 5.37. The molecular formula is C16H23NO2. The predicted octanol–water partition coefficient (Wildman–Crippen LogP) is 3.85. The molecule has 0 spiro atoms. The van der Waals surface area contributed by atoms with Crippen molar-refractivity contribution in [3.8, 4) is 0 Å². The molecule has 2 rings (SSSR count). The van der Waals surface area contributed by atoms with Gasteiger partial charge in [0.25, 0.3) is 0 Å². The average molecular weight is 261 g/mol. The van der Waals surface area contributed by atoms with Gasteiger partial charge in [-0.15, -0.1) is 0 Å². The Balaban J connectivity index is 2.07. The van der Waals surface area contributed by atoms with Crippen molar-refractivity contribution in [2.45, 2.75) is 45.1 Å². The molecule has 0 amide bonds. The lowest BCUT2D eigenvalue weighted by molar-refractivity contribution is 0.0601. The Hall–Kier alpha value is -1.51. The monoisotopic (exact) mass is 261 g/mol. The van der Waals surface area contributed by atoms with Crippen LogP contribution in [0.4, 0.5) is 5.69 Å². The number of anilines is 1. The van der Waals surface area contributed by atoms with Gasteiger partial charge in [-0.25, -0.2) is 4.79 Å². The largest absolute Gasteiger partial charge is 0.465 e. The number of esters is 1. The van der Waals surface area contributed by atoms with E-state index in [-0.39, 0.29) is 5.97 Å².